The summed E-state index contributed by atoms with van der Waals surface area (Å²) >= 11 is 5.83. The molecule has 24 heavy (non-hydrogen) atoms. The molecule has 0 saturated carbocycles. The average molecular weight is 355 g/mol. The van der Waals surface area contributed by atoms with Crippen molar-refractivity contribution in [2.75, 3.05) is 5.32 Å². The topological polar surface area (TPSA) is 50.4 Å². The molecule has 128 valence electrons. The first-order valence-corrected chi connectivity index (χ1v) is 7.62. The van der Waals surface area contributed by atoms with Crippen LogP contribution in [-0.4, -0.2) is 12.6 Å². The van der Waals surface area contributed by atoms with Crippen molar-refractivity contribution in [3.8, 4) is 5.75 Å². The van der Waals surface area contributed by atoms with Crippen molar-refractivity contribution < 1.29 is 18.3 Å². The van der Waals surface area contributed by atoms with Crippen molar-refractivity contribution in [3.63, 3.8) is 0 Å². The van der Waals surface area contributed by atoms with E-state index in [9.17, 15) is 13.6 Å². The summed E-state index contributed by atoms with van der Waals surface area (Å²) < 4.78 is 29.4. The third-order valence-electron chi connectivity index (χ3n) is 3.41. The van der Waals surface area contributed by atoms with Crippen LogP contribution in [0.2, 0.25) is 5.02 Å². The summed E-state index contributed by atoms with van der Waals surface area (Å²) in [5.74, 6) is -0.0840. The van der Waals surface area contributed by atoms with Crippen LogP contribution in [0.5, 0.6) is 5.75 Å². The van der Waals surface area contributed by atoms with Gasteiger partial charge in [-0.2, -0.15) is 8.78 Å². The fraction of sp³-hybridized carbons (Fsp3) is 0.235. The Bertz CT molecular complexity index is 708. The smallest absolute Gasteiger partial charge is 0.387 e. The highest BCUT2D eigenvalue weighted by molar-refractivity contribution is 6.30. The van der Waals surface area contributed by atoms with E-state index in [0.717, 1.165) is 5.56 Å². The maximum absolute atomic E-state index is 12.5. The Kier molecular flexibility index (Phi) is 5.98. The number of para-hydroxylation sites is 1. The SMILES string of the molecule is Cc1cccc(OC(F)F)c1NC(=O)NC(C)c1ccc(Cl)cc1. The number of anilines is 1. The van der Waals surface area contributed by atoms with Crippen LogP contribution in [0.15, 0.2) is 42.5 Å². The second-order valence-corrected chi connectivity index (χ2v) is 5.63. The number of rotatable bonds is 5. The molecule has 2 N–H and O–H groups in total. The van der Waals surface area contributed by atoms with E-state index in [2.05, 4.69) is 15.4 Å². The molecule has 2 amide bonds. The highest BCUT2D eigenvalue weighted by atomic mass is 35.5. The summed E-state index contributed by atoms with van der Waals surface area (Å²) in [7, 11) is 0. The number of amides is 2. The van der Waals surface area contributed by atoms with Crippen molar-refractivity contribution in [2.24, 2.45) is 0 Å². The van der Waals surface area contributed by atoms with Gasteiger partial charge < -0.3 is 15.4 Å². The van der Waals surface area contributed by atoms with Crippen molar-refractivity contribution in [3.05, 3.63) is 58.6 Å². The normalized spacial score (nSPS) is 11.9. The Labute approximate surface area is 143 Å². The van der Waals surface area contributed by atoms with E-state index in [1.54, 1.807) is 50.2 Å². The third kappa shape index (κ3) is 4.83. The van der Waals surface area contributed by atoms with Crippen LogP contribution in [0, 0.1) is 6.92 Å². The van der Waals surface area contributed by atoms with Crippen LogP contribution in [0.25, 0.3) is 0 Å². The van der Waals surface area contributed by atoms with Gasteiger partial charge in [-0.05, 0) is 43.2 Å². The highest BCUT2D eigenvalue weighted by Gasteiger charge is 2.15. The number of alkyl halides is 2. The number of carbonyl (C=O) groups is 1. The van der Waals surface area contributed by atoms with Crippen LogP contribution in [0.1, 0.15) is 24.1 Å². The lowest BCUT2D eigenvalue weighted by atomic mass is 10.1. The number of aryl methyl sites for hydroxylation is 1. The molecule has 7 heteroatoms. The van der Waals surface area contributed by atoms with Gasteiger partial charge in [-0.15, -0.1) is 0 Å². The lowest BCUT2D eigenvalue weighted by Gasteiger charge is -2.18. The van der Waals surface area contributed by atoms with Gasteiger partial charge in [0.2, 0.25) is 0 Å². The van der Waals surface area contributed by atoms with Crippen LogP contribution in [0.4, 0.5) is 19.3 Å². The summed E-state index contributed by atoms with van der Waals surface area (Å²) in [4.78, 5) is 12.2. The van der Waals surface area contributed by atoms with Gasteiger partial charge in [0.1, 0.15) is 5.75 Å². The molecule has 0 bridgehead atoms. The Hall–Kier alpha value is -2.34. The third-order valence-corrected chi connectivity index (χ3v) is 3.66. The monoisotopic (exact) mass is 354 g/mol. The summed E-state index contributed by atoms with van der Waals surface area (Å²) in [5, 5.41) is 5.90. The zero-order valence-corrected chi connectivity index (χ0v) is 13.9. The second-order valence-electron chi connectivity index (χ2n) is 5.20. The minimum Gasteiger partial charge on any atom is -0.433 e. The van der Waals surface area contributed by atoms with Gasteiger partial charge in [0, 0.05) is 5.02 Å². The standard InChI is InChI=1S/C17H17ClF2N2O2/c1-10-4-3-5-14(24-16(19)20)15(10)22-17(23)21-11(2)12-6-8-13(18)9-7-12/h3-9,11,16H,1-2H3,(H2,21,22,23). The second kappa shape index (κ2) is 7.97. The van der Waals surface area contributed by atoms with Crippen LogP contribution in [0.3, 0.4) is 0 Å². The highest BCUT2D eigenvalue weighted by Crippen LogP contribution is 2.29. The van der Waals surface area contributed by atoms with Gasteiger partial charge in [-0.25, -0.2) is 4.79 Å². The molecule has 4 nitrogen and oxygen atoms in total. The molecule has 0 aromatic heterocycles. The quantitative estimate of drug-likeness (QED) is 0.781. The van der Waals surface area contributed by atoms with Crippen LogP contribution < -0.4 is 15.4 Å². The fourth-order valence-corrected chi connectivity index (χ4v) is 2.30. The summed E-state index contributed by atoms with van der Waals surface area (Å²) in [6.07, 6.45) is 0. The molecule has 0 heterocycles. The van der Waals surface area contributed by atoms with Gasteiger partial charge in [-0.3, -0.25) is 0 Å². The van der Waals surface area contributed by atoms with E-state index in [1.165, 1.54) is 6.07 Å². The molecule has 2 aromatic carbocycles. The molecule has 0 aliphatic carbocycles. The first-order valence-electron chi connectivity index (χ1n) is 7.24. The Balaban J connectivity index is 2.08. The molecule has 0 aliphatic rings. The number of ether oxygens (including phenoxy) is 1. The van der Waals surface area contributed by atoms with Crippen molar-refractivity contribution >= 4 is 23.3 Å². The Morgan fingerprint density at radius 1 is 1.17 bits per heavy atom. The van der Waals surface area contributed by atoms with Gasteiger partial charge >= 0.3 is 12.6 Å². The number of urea groups is 1. The molecule has 0 saturated heterocycles. The number of hydrogen-bond donors (Lipinski definition) is 2. The van der Waals surface area contributed by atoms with Crippen LogP contribution in [-0.2, 0) is 0 Å². The van der Waals surface area contributed by atoms with Gasteiger partial charge in [0.25, 0.3) is 0 Å². The number of halogens is 3. The predicted molar refractivity (Wildman–Crippen MR) is 89.8 cm³/mol. The van der Waals surface area contributed by atoms with E-state index in [4.69, 9.17) is 11.6 Å². The number of nitrogens with one attached hydrogen (secondary N) is 2. The van der Waals surface area contributed by atoms with Crippen molar-refractivity contribution in [1.82, 2.24) is 5.32 Å². The zero-order chi connectivity index (χ0) is 17.7. The van der Waals surface area contributed by atoms with E-state index in [0.29, 0.717) is 10.6 Å². The number of benzene rings is 2. The van der Waals surface area contributed by atoms with E-state index >= 15 is 0 Å². The van der Waals surface area contributed by atoms with Crippen molar-refractivity contribution in [2.45, 2.75) is 26.5 Å². The van der Waals surface area contributed by atoms with Gasteiger partial charge in [0.15, 0.2) is 0 Å². The fourth-order valence-electron chi connectivity index (χ4n) is 2.18. The molecule has 0 aliphatic heterocycles. The molecule has 2 rings (SSSR count). The minimum atomic E-state index is -2.97. The summed E-state index contributed by atoms with van der Waals surface area (Å²) in [5.41, 5.74) is 1.68. The zero-order valence-electron chi connectivity index (χ0n) is 13.1. The summed E-state index contributed by atoms with van der Waals surface area (Å²) in [6.45, 7) is 0.525. The number of carbonyl (C=O) groups excluding carboxylic acids is 1. The molecular formula is C17H17ClF2N2O2. The van der Waals surface area contributed by atoms with E-state index in [-0.39, 0.29) is 17.5 Å². The average Bonchev–Trinajstić information content (AvgIpc) is 2.50. The lowest BCUT2D eigenvalue weighted by Crippen LogP contribution is -2.31. The largest absolute Gasteiger partial charge is 0.433 e. The molecular weight excluding hydrogens is 338 g/mol. The van der Waals surface area contributed by atoms with Gasteiger partial charge in [-0.1, -0.05) is 35.9 Å². The molecule has 2 aromatic rings. The molecule has 0 fully saturated rings. The molecule has 1 atom stereocenters. The Morgan fingerprint density at radius 3 is 2.46 bits per heavy atom. The minimum absolute atomic E-state index is 0.0840. The molecule has 0 radical (unpaired) electrons. The van der Waals surface area contributed by atoms with Gasteiger partial charge in [0.05, 0.1) is 11.7 Å². The van der Waals surface area contributed by atoms with Crippen LogP contribution >= 0.6 is 11.6 Å². The van der Waals surface area contributed by atoms with Crippen molar-refractivity contribution in [1.29, 1.82) is 0 Å². The first kappa shape index (κ1) is 18.0. The molecule has 1 unspecified atom stereocenters. The lowest BCUT2D eigenvalue weighted by molar-refractivity contribution is -0.0493. The summed E-state index contributed by atoms with van der Waals surface area (Å²) in [6, 6.07) is 10.9. The molecule has 0 spiro atoms. The Morgan fingerprint density at radius 2 is 1.83 bits per heavy atom. The van der Waals surface area contributed by atoms with E-state index < -0.39 is 12.6 Å². The predicted octanol–water partition coefficient (Wildman–Crippen LogP) is 5.13. The maximum Gasteiger partial charge on any atom is 0.387 e. The number of hydrogen-bond acceptors (Lipinski definition) is 2. The maximum atomic E-state index is 12.5. The first-order chi connectivity index (χ1) is 11.4. The van der Waals surface area contributed by atoms with E-state index in [1.807, 2.05) is 0 Å².